The molecule has 126 valence electrons. The van der Waals surface area contributed by atoms with Crippen molar-refractivity contribution >= 4 is 18.3 Å². The maximum Gasteiger partial charge on any atom is 0.238 e. The van der Waals surface area contributed by atoms with E-state index in [0.717, 1.165) is 25.8 Å². The molecule has 0 radical (unpaired) electrons. The highest BCUT2D eigenvalue weighted by atomic mass is 35.5. The number of rotatable bonds is 5. The highest BCUT2D eigenvalue weighted by Crippen LogP contribution is 2.19. The first-order valence-electron chi connectivity index (χ1n) is 7.64. The highest BCUT2D eigenvalue weighted by molar-refractivity contribution is 5.85. The number of hydrogen-bond acceptors (Lipinski definition) is 6. The van der Waals surface area contributed by atoms with Crippen molar-refractivity contribution in [2.75, 3.05) is 13.1 Å². The zero-order valence-corrected chi connectivity index (χ0v) is 13.6. The van der Waals surface area contributed by atoms with Crippen molar-refractivity contribution in [2.45, 2.75) is 38.1 Å². The number of aryl methyl sites for hydroxylation is 1. The lowest BCUT2D eigenvalue weighted by atomic mass is 10.0. The average Bonchev–Trinajstić information content (AvgIpc) is 3.23. The topological polar surface area (TPSA) is 98.4 Å². The van der Waals surface area contributed by atoms with E-state index in [0.29, 0.717) is 36.9 Å². The Labute approximate surface area is 140 Å². The predicted octanol–water partition coefficient (Wildman–Crippen LogP) is 2.02. The Morgan fingerprint density at radius 2 is 2.30 bits per heavy atom. The summed E-state index contributed by atoms with van der Waals surface area (Å²) in [5.41, 5.74) is 5.75. The van der Waals surface area contributed by atoms with Crippen molar-refractivity contribution in [3.63, 3.8) is 0 Å². The van der Waals surface area contributed by atoms with Crippen molar-refractivity contribution in [2.24, 2.45) is 5.73 Å². The summed E-state index contributed by atoms with van der Waals surface area (Å²) in [4.78, 5) is 18.5. The Hall–Kier alpha value is -1.86. The molecule has 1 unspecified atom stereocenters. The summed E-state index contributed by atoms with van der Waals surface area (Å²) in [7, 11) is 0. The molecule has 1 aliphatic heterocycles. The second-order valence-electron chi connectivity index (χ2n) is 5.46. The Balaban J connectivity index is 0.00000192. The van der Waals surface area contributed by atoms with E-state index >= 15 is 0 Å². The van der Waals surface area contributed by atoms with Crippen LogP contribution in [0, 0.1) is 0 Å². The van der Waals surface area contributed by atoms with Crippen molar-refractivity contribution in [1.29, 1.82) is 0 Å². The number of hydrogen-bond donors (Lipinski definition) is 1. The second-order valence-corrected chi connectivity index (χ2v) is 5.46. The molecule has 1 atom stereocenters. The first-order chi connectivity index (χ1) is 10.8. The molecule has 8 heteroatoms. The van der Waals surface area contributed by atoms with Gasteiger partial charge in [0.15, 0.2) is 5.76 Å². The molecule has 3 heterocycles. The van der Waals surface area contributed by atoms with Crippen LogP contribution in [0.15, 0.2) is 27.3 Å². The monoisotopic (exact) mass is 340 g/mol. The van der Waals surface area contributed by atoms with E-state index in [4.69, 9.17) is 14.7 Å². The third-order valence-corrected chi connectivity index (χ3v) is 3.98. The van der Waals surface area contributed by atoms with Crippen LogP contribution in [0.25, 0.3) is 11.6 Å². The van der Waals surface area contributed by atoms with Crippen LogP contribution in [0.2, 0.25) is 0 Å². The minimum absolute atomic E-state index is 0. The molecule has 1 aliphatic rings. The summed E-state index contributed by atoms with van der Waals surface area (Å²) in [5, 5.41) is 3.86. The summed E-state index contributed by atoms with van der Waals surface area (Å²) in [6, 6.07) is 3.69. The van der Waals surface area contributed by atoms with Gasteiger partial charge < -0.3 is 19.6 Å². The van der Waals surface area contributed by atoms with Crippen LogP contribution in [0.4, 0.5) is 0 Å². The highest BCUT2D eigenvalue weighted by Gasteiger charge is 2.25. The Morgan fingerprint density at radius 1 is 1.43 bits per heavy atom. The average molecular weight is 341 g/mol. The number of carbonyl (C=O) groups excluding carboxylic acids is 1. The fourth-order valence-corrected chi connectivity index (χ4v) is 2.79. The number of furan rings is 1. The molecule has 0 aromatic carbocycles. The van der Waals surface area contributed by atoms with Crippen LogP contribution in [0.5, 0.6) is 0 Å². The largest absolute Gasteiger partial charge is 0.461 e. The Kier molecular flexibility index (Phi) is 6.18. The van der Waals surface area contributed by atoms with Gasteiger partial charge in [0.05, 0.1) is 6.26 Å². The van der Waals surface area contributed by atoms with Gasteiger partial charge in [0, 0.05) is 32.0 Å². The summed E-state index contributed by atoms with van der Waals surface area (Å²) in [6.07, 6.45) is 5.52. The van der Waals surface area contributed by atoms with Gasteiger partial charge >= 0.3 is 0 Å². The van der Waals surface area contributed by atoms with Gasteiger partial charge in [0.2, 0.25) is 17.6 Å². The smallest absolute Gasteiger partial charge is 0.238 e. The lowest BCUT2D eigenvalue weighted by Crippen LogP contribution is -2.47. The number of nitrogens with two attached hydrogens (primary N) is 1. The van der Waals surface area contributed by atoms with Crippen LogP contribution in [-0.4, -0.2) is 40.1 Å². The molecule has 1 amide bonds. The van der Waals surface area contributed by atoms with E-state index in [-0.39, 0.29) is 24.4 Å². The number of amides is 1. The predicted molar refractivity (Wildman–Crippen MR) is 86.0 cm³/mol. The minimum Gasteiger partial charge on any atom is -0.461 e. The van der Waals surface area contributed by atoms with Gasteiger partial charge in [-0.15, -0.1) is 12.4 Å². The Bertz CT molecular complexity index is 614. The molecule has 3 rings (SSSR count). The fourth-order valence-electron chi connectivity index (χ4n) is 2.79. The van der Waals surface area contributed by atoms with Crippen molar-refractivity contribution in [3.8, 4) is 11.6 Å². The number of carbonyl (C=O) groups is 1. The second kappa shape index (κ2) is 8.12. The lowest BCUT2D eigenvalue weighted by Gasteiger charge is -2.35. The summed E-state index contributed by atoms with van der Waals surface area (Å²) in [6.45, 7) is 1.32. The normalized spacial score (nSPS) is 17.8. The van der Waals surface area contributed by atoms with E-state index < -0.39 is 0 Å². The molecule has 7 nitrogen and oxygen atoms in total. The summed E-state index contributed by atoms with van der Waals surface area (Å²) in [5.74, 6) is 1.51. The summed E-state index contributed by atoms with van der Waals surface area (Å²) < 4.78 is 10.4. The molecule has 0 spiro atoms. The van der Waals surface area contributed by atoms with Crippen molar-refractivity contribution in [3.05, 3.63) is 24.3 Å². The van der Waals surface area contributed by atoms with Crippen LogP contribution in [-0.2, 0) is 11.2 Å². The molecule has 0 aliphatic carbocycles. The van der Waals surface area contributed by atoms with Crippen LogP contribution >= 0.6 is 12.4 Å². The number of piperidine rings is 1. The zero-order valence-electron chi connectivity index (χ0n) is 12.8. The molecule has 2 N–H and O–H groups in total. The molecule has 23 heavy (non-hydrogen) atoms. The first kappa shape index (κ1) is 17.5. The molecule has 0 bridgehead atoms. The number of halogens is 1. The van der Waals surface area contributed by atoms with E-state index in [2.05, 4.69) is 10.1 Å². The summed E-state index contributed by atoms with van der Waals surface area (Å²) >= 11 is 0. The first-order valence-corrected chi connectivity index (χ1v) is 7.64. The zero-order chi connectivity index (χ0) is 15.4. The fraction of sp³-hybridized carbons (Fsp3) is 0.533. The molecule has 2 aromatic heterocycles. The van der Waals surface area contributed by atoms with Crippen LogP contribution < -0.4 is 5.73 Å². The van der Waals surface area contributed by atoms with Gasteiger partial charge in [-0.1, -0.05) is 5.16 Å². The van der Waals surface area contributed by atoms with E-state index in [9.17, 15) is 4.79 Å². The van der Waals surface area contributed by atoms with Crippen molar-refractivity contribution < 1.29 is 13.7 Å². The van der Waals surface area contributed by atoms with E-state index in [1.54, 1.807) is 18.4 Å². The van der Waals surface area contributed by atoms with Gasteiger partial charge in [-0.25, -0.2) is 0 Å². The lowest BCUT2D eigenvalue weighted by molar-refractivity contribution is -0.134. The Morgan fingerprint density at radius 3 is 3.04 bits per heavy atom. The number of likely N-dealkylation sites (tertiary alicyclic amines) is 1. The molecular weight excluding hydrogens is 320 g/mol. The standard InChI is InChI=1S/C15H20N4O3.ClH/c16-10-11-4-1-2-8-19(11)14(20)7-6-13-17-15(18-22-13)12-5-3-9-21-12;/h3,5,9,11H,1-2,4,6-8,10,16H2;1H. The van der Waals surface area contributed by atoms with E-state index in [1.165, 1.54) is 0 Å². The molecular formula is C15H21ClN4O3. The maximum atomic E-state index is 12.3. The third-order valence-electron chi connectivity index (χ3n) is 3.98. The van der Waals surface area contributed by atoms with Gasteiger partial charge in [0.1, 0.15) is 0 Å². The molecule has 0 saturated carbocycles. The third kappa shape index (κ3) is 4.11. The number of aromatic nitrogens is 2. The molecule has 1 saturated heterocycles. The minimum atomic E-state index is 0. The molecule has 1 fully saturated rings. The van der Waals surface area contributed by atoms with Crippen molar-refractivity contribution in [1.82, 2.24) is 15.0 Å². The SMILES string of the molecule is Cl.NCC1CCCCN1C(=O)CCc1nc(-c2ccco2)no1. The van der Waals surface area contributed by atoms with E-state index in [1.807, 2.05) is 4.90 Å². The van der Waals surface area contributed by atoms with Gasteiger partial charge in [0.25, 0.3) is 0 Å². The van der Waals surface area contributed by atoms with Crippen LogP contribution in [0.1, 0.15) is 31.6 Å². The maximum absolute atomic E-state index is 12.3. The quantitative estimate of drug-likeness (QED) is 0.894. The van der Waals surface area contributed by atoms with Gasteiger partial charge in [-0.05, 0) is 31.4 Å². The molecule has 2 aromatic rings. The van der Waals surface area contributed by atoms with Crippen LogP contribution in [0.3, 0.4) is 0 Å². The number of nitrogens with zero attached hydrogens (tertiary/aromatic N) is 3. The van der Waals surface area contributed by atoms with Gasteiger partial charge in [-0.2, -0.15) is 4.98 Å². The van der Waals surface area contributed by atoms with Gasteiger partial charge in [-0.3, -0.25) is 4.79 Å².